The lowest BCUT2D eigenvalue weighted by Gasteiger charge is -2.27. The molecule has 0 spiro atoms. The number of rotatable bonds is 16. The molecule has 3 aromatic carbocycles. The lowest BCUT2D eigenvalue weighted by atomic mass is 9.87. The zero-order valence-electron chi connectivity index (χ0n) is 32.6. The number of benzene rings is 3. The van der Waals surface area contributed by atoms with Gasteiger partial charge in [-0.1, -0.05) is 12.1 Å². The molecule has 316 valence electrons. The van der Waals surface area contributed by atoms with E-state index in [9.17, 15) is 48.1 Å². The topological polar surface area (TPSA) is 220 Å². The van der Waals surface area contributed by atoms with Gasteiger partial charge in [-0.05, 0) is 41.5 Å². The molecule has 1 aliphatic heterocycles. The van der Waals surface area contributed by atoms with Crippen LogP contribution in [0.25, 0.3) is 5.57 Å². The molecule has 17 nitrogen and oxygen atoms in total. The van der Waals surface area contributed by atoms with Gasteiger partial charge in [-0.15, -0.1) is 0 Å². The fraction of sp³-hybridized carbons (Fsp3) is 0.268. The van der Waals surface area contributed by atoms with Crippen molar-refractivity contribution < 1.29 is 85.8 Å². The first kappa shape index (κ1) is 43.7. The molecule has 3 aromatic rings. The quantitative estimate of drug-likeness (QED) is 0.0714. The normalized spacial score (nSPS) is 12.6. The molecule has 0 aromatic heterocycles. The number of esters is 4. The highest BCUT2D eigenvalue weighted by Gasteiger charge is 2.32. The first-order valence-electron chi connectivity index (χ1n) is 17.8. The molecule has 0 unspecified atom stereocenters. The van der Waals surface area contributed by atoms with Crippen LogP contribution in [0.4, 0.5) is 14.5 Å². The van der Waals surface area contributed by atoms with Crippen molar-refractivity contribution in [2.75, 3.05) is 72.7 Å². The largest absolute Gasteiger partial charge is 0.550 e. The SMILES string of the molecule is COC(=O)CN(CC(=O)OC)c1c(CC(=O)[O-])cccc1OCCOC1=CC(=C2c3cc(F)c(O)cc3Oc3cc(O)c(F)cc32)C=CC1=[N+](CC(=O)OC)CC(=O)OC. The summed E-state index contributed by atoms with van der Waals surface area (Å²) < 4.78 is 68.4. The molecule has 0 fully saturated rings. The van der Waals surface area contributed by atoms with Crippen LogP contribution in [0.5, 0.6) is 28.7 Å². The summed E-state index contributed by atoms with van der Waals surface area (Å²) in [5, 5.41) is 32.0. The molecule has 0 saturated carbocycles. The number of phenols is 2. The van der Waals surface area contributed by atoms with E-state index in [1.54, 1.807) is 0 Å². The second-order valence-corrected chi connectivity index (χ2v) is 12.8. The van der Waals surface area contributed by atoms with E-state index in [-0.39, 0.29) is 75.5 Å². The molecule has 1 heterocycles. The molecule has 0 saturated heterocycles. The van der Waals surface area contributed by atoms with Gasteiger partial charge in [0.2, 0.25) is 18.8 Å². The highest BCUT2D eigenvalue weighted by atomic mass is 19.1. The Morgan fingerprint density at radius 3 is 1.80 bits per heavy atom. The molecule has 2 N–H and O–H groups in total. The number of aliphatic carboxylic acids is 1. The number of nitrogens with zero attached hydrogens (tertiary/aromatic N) is 2. The van der Waals surface area contributed by atoms with Crippen LogP contribution in [0.2, 0.25) is 0 Å². The summed E-state index contributed by atoms with van der Waals surface area (Å²) in [6.07, 6.45) is 3.79. The van der Waals surface area contributed by atoms with Crippen molar-refractivity contribution in [3.63, 3.8) is 0 Å². The second-order valence-electron chi connectivity index (χ2n) is 12.8. The average molecular weight is 837 g/mol. The summed E-state index contributed by atoms with van der Waals surface area (Å²) in [5.41, 5.74) is 0.917. The minimum absolute atomic E-state index is 0.00608. The molecule has 0 bridgehead atoms. The maximum Gasteiger partial charge on any atom is 0.371 e. The fourth-order valence-electron chi connectivity index (χ4n) is 6.23. The van der Waals surface area contributed by atoms with E-state index in [4.69, 9.17) is 33.2 Å². The molecule has 0 amide bonds. The van der Waals surface area contributed by atoms with Crippen molar-refractivity contribution in [2.24, 2.45) is 0 Å². The van der Waals surface area contributed by atoms with Gasteiger partial charge < -0.3 is 58.2 Å². The number of phenolic OH excluding ortho intramolecular Hbond substituents is 2. The number of methoxy groups -OCH3 is 4. The van der Waals surface area contributed by atoms with Crippen molar-refractivity contribution in [3.05, 3.63) is 100 Å². The van der Waals surface area contributed by atoms with Gasteiger partial charge in [0.05, 0.1) is 34.1 Å². The van der Waals surface area contributed by atoms with E-state index >= 15 is 0 Å². The number of fused-ring (bicyclic) bond motifs is 2. The van der Waals surface area contributed by atoms with Crippen molar-refractivity contribution in [1.82, 2.24) is 0 Å². The Kier molecular flexibility index (Phi) is 14.1. The molecule has 5 rings (SSSR count). The number of para-hydroxylation sites is 1. The van der Waals surface area contributed by atoms with Crippen molar-refractivity contribution >= 4 is 46.8 Å². The second kappa shape index (κ2) is 19.3. The number of ether oxygens (including phenoxy) is 7. The lowest BCUT2D eigenvalue weighted by Crippen LogP contribution is -2.37. The number of carboxylic acid groups (broad SMARTS) is 1. The third-order valence-electron chi connectivity index (χ3n) is 8.97. The van der Waals surface area contributed by atoms with Crippen LogP contribution < -0.4 is 19.5 Å². The van der Waals surface area contributed by atoms with Crippen LogP contribution >= 0.6 is 0 Å². The molecule has 19 heteroatoms. The van der Waals surface area contributed by atoms with Gasteiger partial charge in [-0.3, -0.25) is 9.59 Å². The number of hydrogen-bond acceptors (Lipinski definition) is 16. The Morgan fingerprint density at radius 1 is 0.750 bits per heavy atom. The monoisotopic (exact) mass is 836 g/mol. The summed E-state index contributed by atoms with van der Waals surface area (Å²) in [5.74, 6) is -8.05. The molecular formula is C41H38F2N2O15. The van der Waals surface area contributed by atoms with Gasteiger partial charge >= 0.3 is 23.9 Å². The van der Waals surface area contributed by atoms with E-state index in [2.05, 4.69) is 0 Å². The average Bonchev–Trinajstić information content (AvgIpc) is 3.21. The number of carbonyl (C=O) groups excluding carboxylic acids is 5. The van der Waals surface area contributed by atoms with Crippen LogP contribution in [-0.4, -0.2) is 118 Å². The smallest absolute Gasteiger partial charge is 0.371 e. The maximum absolute atomic E-state index is 14.9. The number of carboxylic acids is 1. The number of aromatic hydroxyl groups is 2. The van der Waals surface area contributed by atoms with E-state index in [1.807, 2.05) is 0 Å². The highest BCUT2D eigenvalue weighted by Crippen LogP contribution is 2.49. The minimum atomic E-state index is -1.46. The van der Waals surface area contributed by atoms with Crippen LogP contribution in [0.15, 0.2) is 72.0 Å². The third-order valence-corrected chi connectivity index (χ3v) is 8.97. The number of allylic oxidation sites excluding steroid dienone is 4. The molecule has 0 atom stereocenters. The predicted molar refractivity (Wildman–Crippen MR) is 201 cm³/mol. The molecule has 1 aliphatic carbocycles. The Hall–Kier alpha value is -7.44. The van der Waals surface area contributed by atoms with Crippen LogP contribution in [0.3, 0.4) is 0 Å². The summed E-state index contributed by atoms with van der Waals surface area (Å²) in [4.78, 5) is 62.8. The number of hydrogen-bond donors (Lipinski definition) is 2. The van der Waals surface area contributed by atoms with Crippen LogP contribution in [-0.2, 0) is 54.1 Å². The highest BCUT2D eigenvalue weighted by molar-refractivity contribution is 6.08. The zero-order valence-corrected chi connectivity index (χ0v) is 32.6. The predicted octanol–water partition coefficient (Wildman–Crippen LogP) is 2.08. The summed E-state index contributed by atoms with van der Waals surface area (Å²) in [6, 6.07) is 8.37. The van der Waals surface area contributed by atoms with E-state index in [0.717, 1.165) is 52.7 Å². The minimum Gasteiger partial charge on any atom is -0.550 e. The van der Waals surface area contributed by atoms with Crippen LogP contribution in [0.1, 0.15) is 16.7 Å². The van der Waals surface area contributed by atoms with Crippen molar-refractivity contribution in [2.45, 2.75) is 6.42 Å². The Balaban J connectivity index is 1.61. The molecule has 2 aliphatic rings. The Morgan fingerprint density at radius 2 is 1.28 bits per heavy atom. The van der Waals surface area contributed by atoms with E-state index in [0.29, 0.717) is 0 Å². The maximum atomic E-state index is 14.9. The first-order chi connectivity index (χ1) is 28.7. The van der Waals surface area contributed by atoms with Crippen molar-refractivity contribution in [1.29, 1.82) is 0 Å². The third kappa shape index (κ3) is 10.2. The van der Waals surface area contributed by atoms with Crippen LogP contribution in [0, 0.1) is 11.6 Å². The zero-order chi connectivity index (χ0) is 43.7. The van der Waals surface area contributed by atoms with Gasteiger partial charge in [-0.2, -0.15) is 0 Å². The standard InChI is InChI=1S/C41H38F2N2O15/c1-54-36(50)18-44(19-37(51)55-2)28-9-8-22(40-24-14-26(42)29(46)16-32(24)60-33-17-30(47)27(43)15-25(33)40)12-34(28)59-11-10-58-31-7-5-6-23(13-35(48)49)41(31)45(20-38(52)56-3)21-39(53)57-4/h5-9,12,14-17H,10-11,13,18-21H2,1-4H3,(H2,46,47,48,49). The summed E-state index contributed by atoms with van der Waals surface area (Å²) >= 11 is 0. The number of halogens is 2. The number of carbonyl (C=O) groups is 5. The molecule has 0 radical (unpaired) electrons. The first-order valence-corrected chi connectivity index (χ1v) is 17.8. The fourth-order valence-corrected chi connectivity index (χ4v) is 6.23. The summed E-state index contributed by atoms with van der Waals surface area (Å²) in [7, 11) is 4.56. The molecular weight excluding hydrogens is 798 g/mol. The van der Waals surface area contributed by atoms with Gasteiger partial charge in [0, 0.05) is 47.3 Å². The summed E-state index contributed by atoms with van der Waals surface area (Å²) in [6.45, 7) is -2.51. The Labute approximate surface area is 340 Å². The number of anilines is 1. The van der Waals surface area contributed by atoms with Gasteiger partial charge in [-0.25, -0.2) is 22.9 Å². The Bertz CT molecular complexity index is 2250. The van der Waals surface area contributed by atoms with Gasteiger partial charge in [0.25, 0.3) is 0 Å². The van der Waals surface area contributed by atoms with E-state index < -0.39 is 85.6 Å². The van der Waals surface area contributed by atoms with Crippen molar-refractivity contribution in [3.8, 4) is 28.7 Å². The lowest BCUT2D eigenvalue weighted by molar-refractivity contribution is -0.508. The van der Waals surface area contributed by atoms with Gasteiger partial charge in [0.15, 0.2) is 28.9 Å². The van der Waals surface area contributed by atoms with E-state index in [1.165, 1.54) is 45.9 Å². The molecule has 60 heavy (non-hydrogen) atoms. The van der Waals surface area contributed by atoms with Gasteiger partial charge in [0.1, 0.15) is 43.6 Å².